The minimum atomic E-state index is -1.47. The Morgan fingerprint density at radius 1 is 1.33 bits per heavy atom. The van der Waals surface area contributed by atoms with Gasteiger partial charge in [0.2, 0.25) is 0 Å². The Bertz CT molecular complexity index is 342. The average molecular weight is 211 g/mol. The van der Waals surface area contributed by atoms with Gasteiger partial charge in [-0.3, -0.25) is 4.79 Å². The molecule has 0 unspecified atom stereocenters. The third-order valence-corrected chi connectivity index (χ3v) is 2.42. The fourth-order valence-corrected chi connectivity index (χ4v) is 1.64. The summed E-state index contributed by atoms with van der Waals surface area (Å²) in [6, 6.07) is -1.38. The maximum absolute atomic E-state index is 10.8. The van der Waals surface area contributed by atoms with Crippen LogP contribution in [0, 0.1) is 0 Å². The Morgan fingerprint density at radius 3 is 2.00 bits per heavy atom. The van der Waals surface area contributed by atoms with Crippen molar-refractivity contribution in [1.82, 2.24) is 0 Å². The smallest absolute Gasteiger partial charge is 0.323 e. The average Bonchev–Trinajstić information content (AvgIpc) is 2.46. The van der Waals surface area contributed by atoms with Crippen LogP contribution in [-0.4, -0.2) is 28.7 Å². The summed E-state index contributed by atoms with van der Waals surface area (Å²) in [4.78, 5) is 16.0. The van der Waals surface area contributed by atoms with E-state index in [9.17, 15) is 4.79 Å². The van der Waals surface area contributed by atoms with E-state index in [1.54, 1.807) is 0 Å². The molecule has 0 aromatic carbocycles. The summed E-state index contributed by atoms with van der Waals surface area (Å²) in [5, 5.41) is 15.6. The van der Waals surface area contributed by atoms with Gasteiger partial charge in [0, 0.05) is 21.9 Å². The lowest BCUT2D eigenvalue weighted by Crippen LogP contribution is -2.46. The normalized spacial score (nSPS) is 33.9. The molecule has 1 aliphatic rings. The zero-order chi connectivity index (χ0) is 11.5. The van der Waals surface area contributed by atoms with Crippen molar-refractivity contribution < 1.29 is 9.90 Å². The van der Waals surface area contributed by atoms with E-state index in [1.165, 1.54) is 0 Å². The van der Waals surface area contributed by atoms with Crippen molar-refractivity contribution in [2.75, 3.05) is 0 Å². The molecule has 15 heavy (non-hydrogen) atoms. The molecule has 1 saturated carbocycles. The number of hydrogen-bond donors (Lipinski definition) is 2. The van der Waals surface area contributed by atoms with Crippen LogP contribution in [-0.2, 0) is 4.79 Å². The second-order valence-corrected chi connectivity index (χ2v) is 3.41. The molecule has 0 radical (unpaired) electrons. The molecule has 0 spiro atoms. The highest BCUT2D eigenvalue weighted by Crippen LogP contribution is 2.33. The van der Waals surface area contributed by atoms with Crippen molar-refractivity contribution in [1.29, 1.82) is 0 Å². The van der Waals surface area contributed by atoms with Gasteiger partial charge in [-0.25, -0.2) is 0 Å². The van der Waals surface area contributed by atoms with Gasteiger partial charge in [0.15, 0.2) is 0 Å². The number of carboxylic acid groups (broad SMARTS) is 1. The van der Waals surface area contributed by atoms with Gasteiger partial charge in [-0.2, -0.15) is 0 Å². The van der Waals surface area contributed by atoms with Crippen molar-refractivity contribution in [2.45, 2.75) is 30.5 Å². The highest BCUT2D eigenvalue weighted by atomic mass is 16.4. The molecule has 1 rings (SSSR count). The number of nitrogens with two attached hydrogens (primary N) is 1. The SMILES string of the molecule is [N-]=[N+]=N[C@@H]1CC(N)(C(=O)O)C[C@H]1N=[N+]=[N-]. The van der Waals surface area contributed by atoms with E-state index in [2.05, 4.69) is 20.1 Å². The number of aliphatic carboxylic acids is 1. The summed E-state index contributed by atoms with van der Waals surface area (Å²) >= 11 is 0. The van der Waals surface area contributed by atoms with Crippen molar-refractivity contribution in [2.24, 2.45) is 16.0 Å². The molecule has 80 valence electrons. The Balaban J connectivity index is 2.95. The minimum Gasteiger partial charge on any atom is -0.480 e. The van der Waals surface area contributed by atoms with Crippen LogP contribution >= 0.6 is 0 Å². The minimum absolute atomic E-state index is 0.0178. The first-order valence-corrected chi connectivity index (χ1v) is 4.14. The van der Waals surface area contributed by atoms with Gasteiger partial charge in [-0.1, -0.05) is 10.2 Å². The van der Waals surface area contributed by atoms with Crippen LogP contribution in [0.15, 0.2) is 10.2 Å². The van der Waals surface area contributed by atoms with Crippen molar-refractivity contribution in [3.63, 3.8) is 0 Å². The number of rotatable bonds is 3. The summed E-state index contributed by atoms with van der Waals surface area (Å²) in [5.41, 5.74) is 20.6. The predicted molar refractivity (Wildman–Crippen MR) is 49.7 cm³/mol. The van der Waals surface area contributed by atoms with Crippen LogP contribution in [0.5, 0.6) is 0 Å². The zero-order valence-corrected chi connectivity index (χ0v) is 7.69. The summed E-state index contributed by atoms with van der Waals surface area (Å²) < 4.78 is 0. The summed E-state index contributed by atoms with van der Waals surface area (Å²) in [6.07, 6.45) is -0.0356. The van der Waals surface area contributed by atoms with Gasteiger partial charge in [0.1, 0.15) is 5.54 Å². The Morgan fingerprint density at radius 2 is 1.73 bits per heavy atom. The molecule has 3 N–H and O–H groups in total. The molecule has 0 heterocycles. The van der Waals surface area contributed by atoms with Gasteiger partial charge in [-0.05, 0) is 23.9 Å². The van der Waals surface area contributed by atoms with E-state index in [0.29, 0.717) is 0 Å². The monoisotopic (exact) mass is 211 g/mol. The number of carboxylic acids is 1. The third kappa shape index (κ3) is 2.10. The molecular formula is C6H9N7O2. The summed E-state index contributed by atoms with van der Waals surface area (Å²) in [7, 11) is 0. The highest BCUT2D eigenvalue weighted by Gasteiger charge is 2.47. The first kappa shape index (κ1) is 11.1. The zero-order valence-electron chi connectivity index (χ0n) is 7.69. The van der Waals surface area contributed by atoms with Gasteiger partial charge in [0.05, 0.1) is 0 Å². The number of nitrogens with zero attached hydrogens (tertiary/aromatic N) is 6. The van der Waals surface area contributed by atoms with E-state index >= 15 is 0 Å². The number of hydrogen-bond acceptors (Lipinski definition) is 4. The molecule has 9 heteroatoms. The quantitative estimate of drug-likeness (QED) is 0.403. The van der Waals surface area contributed by atoms with Gasteiger partial charge in [0.25, 0.3) is 0 Å². The molecule has 1 fully saturated rings. The number of azide groups is 2. The van der Waals surface area contributed by atoms with E-state index in [4.69, 9.17) is 21.9 Å². The molecule has 2 atom stereocenters. The molecule has 0 aromatic heterocycles. The maximum atomic E-state index is 10.8. The first-order chi connectivity index (χ1) is 7.03. The second-order valence-electron chi connectivity index (χ2n) is 3.41. The van der Waals surface area contributed by atoms with Crippen LogP contribution in [0.4, 0.5) is 0 Å². The third-order valence-electron chi connectivity index (χ3n) is 2.42. The van der Waals surface area contributed by atoms with Gasteiger partial charge in [-0.15, -0.1) is 0 Å². The lowest BCUT2D eigenvalue weighted by molar-refractivity contribution is -0.143. The van der Waals surface area contributed by atoms with Crippen molar-refractivity contribution in [3.8, 4) is 0 Å². The molecule has 0 aromatic rings. The van der Waals surface area contributed by atoms with Crippen LogP contribution in [0.1, 0.15) is 12.8 Å². The van der Waals surface area contributed by atoms with Crippen LogP contribution in [0.25, 0.3) is 20.9 Å². The van der Waals surface area contributed by atoms with E-state index in [-0.39, 0.29) is 12.8 Å². The first-order valence-electron chi connectivity index (χ1n) is 4.14. The molecule has 0 saturated heterocycles. The maximum Gasteiger partial charge on any atom is 0.323 e. The van der Waals surface area contributed by atoms with E-state index < -0.39 is 23.6 Å². The summed E-state index contributed by atoms with van der Waals surface area (Å²) in [6.45, 7) is 0. The Kier molecular flexibility index (Phi) is 3.01. The lowest BCUT2D eigenvalue weighted by atomic mass is 9.99. The highest BCUT2D eigenvalue weighted by molar-refractivity contribution is 5.79. The largest absolute Gasteiger partial charge is 0.480 e. The molecule has 1 aliphatic carbocycles. The van der Waals surface area contributed by atoms with Crippen LogP contribution in [0.2, 0.25) is 0 Å². The predicted octanol–water partition coefficient (Wildman–Crippen LogP) is 0.920. The van der Waals surface area contributed by atoms with Crippen LogP contribution < -0.4 is 5.73 Å². The lowest BCUT2D eigenvalue weighted by Gasteiger charge is -2.16. The van der Waals surface area contributed by atoms with E-state index in [1.807, 2.05) is 0 Å². The van der Waals surface area contributed by atoms with E-state index in [0.717, 1.165) is 0 Å². The van der Waals surface area contributed by atoms with Crippen molar-refractivity contribution in [3.05, 3.63) is 20.9 Å². The second kappa shape index (κ2) is 4.05. The van der Waals surface area contributed by atoms with Crippen molar-refractivity contribution >= 4 is 5.97 Å². The molecule has 0 amide bonds. The van der Waals surface area contributed by atoms with Gasteiger partial charge < -0.3 is 10.8 Å². The fourth-order valence-electron chi connectivity index (χ4n) is 1.64. The topological polar surface area (TPSA) is 161 Å². The molecule has 0 bridgehead atoms. The molecule has 9 nitrogen and oxygen atoms in total. The fraction of sp³-hybridized carbons (Fsp3) is 0.833. The Labute approximate surface area is 84.1 Å². The summed E-state index contributed by atoms with van der Waals surface area (Å²) in [5.74, 6) is -1.18. The number of carbonyl (C=O) groups is 1. The standard InChI is InChI=1S/C6H9N7O2/c7-6(5(14)15)1-3(10-12-8)4(2-6)11-13-9/h3-4H,1-2,7H2,(H,14,15)/t3-,4-/m1/s1. The molecule has 0 aliphatic heterocycles. The Hall–Kier alpha value is -1.95. The van der Waals surface area contributed by atoms with Crippen LogP contribution in [0.3, 0.4) is 0 Å². The molecular weight excluding hydrogens is 202 g/mol. The van der Waals surface area contributed by atoms with Gasteiger partial charge >= 0.3 is 5.97 Å².